The SMILES string of the molecule is C[C@@H]1[C@@H](CO)[C@@H]2CC3c4[nH]c5ccccc5c4C[C@H]([C@H]2CO)N31. The van der Waals surface area contributed by atoms with E-state index in [1.165, 1.54) is 22.2 Å². The quantitative estimate of drug-likeness (QED) is 0.796. The molecule has 122 valence electrons. The Hall–Kier alpha value is -1.36. The molecule has 1 aromatic carbocycles. The molecule has 7 atom stereocenters. The van der Waals surface area contributed by atoms with Crippen LogP contribution < -0.4 is 0 Å². The number of fused-ring (bicyclic) bond motifs is 4. The normalized spacial score (nSPS) is 41.3. The largest absolute Gasteiger partial charge is 0.396 e. The first-order valence-electron chi connectivity index (χ1n) is 8.83. The minimum atomic E-state index is 0.234. The van der Waals surface area contributed by atoms with Gasteiger partial charge in [-0.05, 0) is 37.3 Å². The summed E-state index contributed by atoms with van der Waals surface area (Å²) in [6.45, 7) is 2.73. The van der Waals surface area contributed by atoms with Crippen molar-refractivity contribution in [2.45, 2.75) is 37.9 Å². The van der Waals surface area contributed by atoms with Crippen molar-refractivity contribution in [1.29, 1.82) is 0 Å². The lowest BCUT2D eigenvalue weighted by Crippen LogP contribution is -2.67. The molecule has 0 spiro atoms. The summed E-state index contributed by atoms with van der Waals surface area (Å²) in [6, 6.07) is 9.79. The van der Waals surface area contributed by atoms with Gasteiger partial charge in [-0.25, -0.2) is 0 Å². The molecule has 0 saturated carbocycles. The Kier molecular flexibility index (Phi) is 2.94. The van der Waals surface area contributed by atoms with Crippen LogP contribution in [0.25, 0.3) is 10.9 Å². The summed E-state index contributed by atoms with van der Waals surface area (Å²) in [4.78, 5) is 6.27. The second-order valence-electron chi connectivity index (χ2n) is 7.63. The Labute approximate surface area is 136 Å². The van der Waals surface area contributed by atoms with Crippen molar-refractivity contribution >= 4 is 10.9 Å². The highest BCUT2D eigenvalue weighted by molar-refractivity contribution is 5.85. The van der Waals surface area contributed by atoms with E-state index in [0.29, 0.717) is 35.9 Å². The van der Waals surface area contributed by atoms with Crippen LogP contribution in [0.2, 0.25) is 0 Å². The number of H-pyrrole nitrogens is 1. The van der Waals surface area contributed by atoms with Crippen LogP contribution >= 0.6 is 0 Å². The Morgan fingerprint density at radius 1 is 1.17 bits per heavy atom. The highest BCUT2D eigenvalue weighted by Crippen LogP contribution is 2.56. The van der Waals surface area contributed by atoms with Crippen molar-refractivity contribution in [2.75, 3.05) is 13.2 Å². The number of rotatable bonds is 2. The molecule has 6 rings (SSSR count). The van der Waals surface area contributed by atoms with E-state index in [0.717, 1.165) is 12.8 Å². The van der Waals surface area contributed by atoms with Gasteiger partial charge in [-0.3, -0.25) is 4.90 Å². The van der Waals surface area contributed by atoms with Crippen LogP contribution in [0.1, 0.15) is 30.6 Å². The number of hydrogen-bond acceptors (Lipinski definition) is 3. The van der Waals surface area contributed by atoms with E-state index in [4.69, 9.17) is 0 Å². The maximum Gasteiger partial charge on any atom is 0.0510 e. The van der Waals surface area contributed by atoms with E-state index in [9.17, 15) is 10.2 Å². The minimum absolute atomic E-state index is 0.234. The van der Waals surface area contributed by atoms with E-state index in [-0.39, 0.29) is 13.2 Å². The molecule has 4 aliphatic heterocycles. The van der Waals surface area contributed by atoms with Gasteiger partial charge in [0.2, 0.25) is 0 Å². The molecular formula is C19H24N2O2. The number of aliphatic hydroxyl groups excluding tert-OH is 2. The van der Waals surface area contributed by atoms with Crippen molar-refractivity contribution < 1.29 is 10.2 Å². The monoisotopic (exact) mass is 312 g/mol. The van der Waals surface area contributed by atoms with E-state index in [1.54, 1.807) is 0 Å². The number of aromatic nitrogens is 1. The molecule has 0 amide bonds. The van der Waals surface area contributed by atoms with Gasteiger partial charge in [-0.1, -0.05) is 18.2 Å². The van der Waals surface area contributed by atoms with Gasteiger partial charge < -0.3 is 15.2 Å². The third-order valence-electron chi connectivity index (χ3n) is 6.94. The molecule has 5 heterocycles. The van der Waals surface area contributed by atoms with E-state index in [2.05, 4.69) is 41.1 Å². The molecule has 4 nitrogen and oxygen atoms in total. The second kappa shape index (κ2) is 4.82. The Bertz CT molecular complexity index is 755. The number of benzene rings is 1. The second-order valence-corrected chi connectivity index (χ2v) is 7.63. The molecule has 3 fully saturated rings. The van der Waals surface area contributed by atoms with Gasteiger partial charge in [0.15, 0.2) is 0 Å². The lowest BCUT2D eigenvalue weighted by molar-refractivity contribution is -0.154. The fraction of sp³-hybridized carbons (Fsp3) is 0.579. The lowest BCUT2D eigenvalue weighted by atomic mass is 9.60. The zero-order valence-electron chi connectivity index (χ0n) is 13.4. The van der Waals surface area contributed by atoms with Crippen LogP contribution in [-0.2, 0) is 6.42 Å². The molecule has 2 unspecified atom stereocenters. The summed E-state index contributed by atoms with van der Waals surface area (Å²) < 4.78 is 0. The number of aromatic amines is 1. The number of nitrogens with one attached hydrogen (secondary N) is 1. The number of nitrogens with zero attached hydrogens (tertiary/aromatic N) is 1. The van der Waals surface area contributed by atoms with Gasteiger partial charge in [-0.15, -0.1) is 0 Å². The van der Waals surface area contributed by atoms with E-state index >= 15 is 0 Å². The van der Waals surface area contributed by atoms with Gasteiger partial charge in [0, 0.05) is 53.7 Å². The average molecular weight is 312 g/mol. The van der Waals surface area contributed by atoms with Gasteiger partial charge in [0.05, 0.1) is 6.04 Å². The molecule has 0 aliphatic carbocycles. The molecule has 23 heavy (non-hydrogen) atoms. The Morgan fingerprint density at radius 3 is 2.74 bits per heavy atom. The van der Waals surface area contributed by atoms with Gasteiger partial charge in [-0.2, -0.15) is 0 Å². The van der Waals surface area contributed by atoms with E-state index < -0.39 is 0 Å². The average Bonchev–Trinajstić information content (AvgIpc) is 2.94. The van der Waals surface area contributed by atoms with Gasteiger partial charge in [0.25, 0.3) is 0 Å². The number of hydrogen-bond donors (Lipinski definition) is 3. The summed E-state index contributed by atoms with van der Waals surface area (Å²) in [5.74, 6) is 1.02. The predicted octanol–water partition coefficient (Wildman–Crippen LogP) is 2.07. The van der Waals surface area contributed by atoms with Crippen molar-refractivity contribution in [2.24, 2.45) is 17.8 Å². The molecule has 1 aromatic heterocycles. The smallest absolute Gasteiger partial charge is 0.0510 e. The summed E-state index contributed by atoms with van der Waals surface area (Å²) in [6.07, 6.45) is 2.07. The zero-order valence-corrected chi connectivity index (χ0v) is 13.4. The maximum atomic E-state index is 10.0. The fourth-order valence-electron chi connectivity index (χ4n) is 5.95. The number of para-hydroxylation sites is 1. The molecule has 4 aliphatic rings. The molecule has 4 bridgehead atoms. The van der Waals surface area contributed by atoms with Crippen molar-refractivity contribution in [3.63, 3.8) is 0 Å². The predicted molar refractivity (Wildman–Crippen MR) is 89.1 cm³/mol. The van der Waals surface area contributed by atoms with Crippen LogP contribution in [0.15, 0.2) is 24.3 Å². The van der Waals surface area contributed by atoms with E-state index in [1.807, 2.05) is 0 Å². The van der Waals surface area contributed by atoms with Crippen LogP contribution in [-0.4, -0.2) is 45.4 Å². The summed E-state index contributed by atoms with van der Waals surface area (Å²) >= 11 is 0. The van der Waals surface area contributed by atoms with Crippen LogP contribution in [0.5, 0.6) is 0 Å². The number of piperidine rings is 3. The van der Waals surface area contributed by atoms with Gasteiger partial charge >= 0.3 is 0 Å². The molecule has 4 heteroatoms. The highest BCUT2D eigenvalue weighted by atomic mass is 16.3. The topological polar surface area (TPSA) is 59.5 Å². The molecule has 3 N–H and O–H groups in total. The van der Waals surface area contributed by atoms with Gasteiger partial charge in [0.1, 0.15) is 0 Å². The van der Waals surface area contributed by atoms with Crippen LogP contribution in [0.3, 0.4) is 0 Å². The molecule has 3 saturated heterocycles. The summed E-state index contributed by atoms with van der Waals surface area (Å²) in [7, 11) is 0. The highest BCUT2D eigenvalue weighted by Gasteiger charge is 2.57. The van der Waals surface area contributed by atoms with Crippen molar-refractivity contribution in [3.8, 4) is 0 Å². The first-order chi connectivity index (χ1) is 11.2. The first-order valence-corrected chi connectivity index (χ1v) is 8.83. The minimum Gasteiger partial charge on any atom is -0.396 e. The lowest BCUT2D eigenvalue weighted by Gasteiger charge is -2.63. The fourth-order valence-corrected chi connectivity index (χ4v) is 5.95. The zero-order chi connectivity index (χ0) is 15.7. The van der Waals surface area contributed by atoms with Crippen LogP contribution in [0.4, 0.5) is 0 Å². The van der Waals surface area contributed by atoms with Crippen LogP contribution in [0, 0.1) is 17.8 Å². The maximum absolute atomic E-state index is 10.0. The first kappa shape index (κ1) is 14.0. The third-order valence-corrected chi connectivity index (χ3v) is 6.94. The van der Waals surface area contributed by atoms with Crippen molar-refractivity contribution in [3.05, 3.63) is 35.5 Å². The Morgan fingerprint density at radius 2 is 1.96 bits per heavy atom. The number of aliphatic hydroxyl groups is 2. The summed E-state index contributed by atoms with van der Waals surface area (Å²) in [5.41, 5.74) is 4.07. The molecular weight excluding hydrogens is 288 g/mol. The summed E-state index contributed by atoms with van der Waals surface area (Å²) in [5, 5.41) is 21.2. The molecule has 0 radical (unpaired) electrons. The Balaban J connectivity index is 1.68. The third kappa shape index (κ3) is 1.66. The molecule has 2 aromatic rings. The standard InChI is InChI=1S/C19H24N2O2/c1-10-14(8-22)12-6-18-19-13(7-17(21(10)18)15(12)9-23)11-4-2-3-5-16(11)20-19/h2-5,10,12,14-15,17-18,20,22-23H,6-9H2,1H3/t10-,12+,14-,15+,17-,18?/m1/s1. The van der Waals surface area contributed by atoms with Crippen molar-refractivity contribution in [1.82, 2.24) is 9.88 Å².